The van der Waals surface area contributed by atoms with Gasteiger partial charge in [0.05, 0.1) is 20.5 Å². The molecule has 1 fully saturated rings. The summed E-state index contributed by atoms with van der Waals surface area (Å²) in [5.74, 6) is -0.200. The van der Waals surface area contributed by atoms with E-state index in [0.717, 1.165) is 41.3 Å². The molecule has 9 heteroatoms. The first kappa shape index (κ1) is 22.1. The minimum absolute atomic E-state index is 0.200. The highest BCUT2D eigenvalue weighted by Crippen LogP contribution is 2.29. The summed E-state index contributed by atoms with van der Waals surface area (Å²) in [5.41, 5.74) is 1.46. The Kier molecular flexibility index (Phi) is 6.86. The number of hydrogen-bond acceptors (Lipinski definition) is 6. The number of nitrogens with one attached hydrogen (secondary N) is 1. The van der Waals surface area contributed by atoms with Gasteiger partial charge in [0.25, 0.3) is 5.91 Å². The summed E-state index contributed by atoms with van der Waals surface area (Å²) in [6.45, 7) is 3.64. The third-order valence-electron chi connectivity index (χ3n) is 5.26. The van der Waals surface area contributed by atoms with Crippen molar-refractivity contribution in [2.45, 2.75) is 37.5 Å². The lowest BCUT2D eigenvalue weighted by molar-refractivity contribution is 0.0954. The molecule has 0 spiro atoms. The Balaban J connectivity index is 1.31. The molecule has 6 nitrogen and oxygen atoms in total. The molecular formula is C22H25N3O3S3. The molecule has 1 aliphatic heterocycles. The van der Waals surface area contributed by atoms with Gasteiger partial charge in [0.15, 0.2) is 0 Å². The molecule has 3 heterocycles. The minimum atomic E-state index is -3.48. The van der Waals surface area contributed by atoms with Crippen LogP contribution in [0.4, 0.5) is 0 Å². The molecule has 31 heavy (non-hydrogen) atoms. The van der Waals surface area contributed by atoms with Gasteiger partial charge >= 0.3 is 0 Å². The average Bonchev–Trinajstić information content (AvgIpc) is 3.43. The first-order valence-corrected chi connectivity index (χ1v) is 13.5. The van der Waals surface area contributed by atoms with Gasteiger partial charge in [0.2, 0.25) is 10.0 Å². The molecule has 0 radical (unpaired) electrons. The number of piperidine rings is 1. The standard InChI is InChI=1S/C22H25N3O3S3/c1-16-24-20(15-29-16)21-10-7-18(30-21)11-12-23-22(26)17-5-8-19(9-6-17)31(27,28)25-13-3-2-4-14-25/h5-10,15H,2-4,11-14H2,1H3,(H,23,26). The van der Waals surface area contributed by atoms with E-state index >= 15 is 0 Å². The molecule has 3 aromatic rings. The van der Waals surface area contributed by atoms with Crippen LogP contribution in [0.2, 0.25) is 0 Å². The SMILES string of the molecule is Cc1nc(-c2ccc(CCNC(=O)c3ccc(S(=O)(=O)N4CCCCC4)cc3)s2)cs1. The van der Waals surface area contributed by atoms with Gasteiger partial charge in [-0.05, 0) is 62.6 Å². The number of aromatic nitrogens is 1. The highest BCUT2D eigenvalue weighted by molar-refractivity contribution is 7.89. The van der Waals surface area contributed by atoms with E-state index in [0.29, 0.717) is 25.2 Å². The van der Waals surface area contributed by atoms with Crippen LogP contribution < -0.4 is 5.32 Å². The van der Waals surface area contributed by atoms with Crippen LogP contribution in [-0.4, -0.2) is 43.2 Å². The van der Waals surface area contributed by atoms with Crippen LogP contribution in [0.3, 0.4) is 0 Å². The van der Waals surface area contributed by atoms with E-state index in [9.17, 15) is 13.2 Å². The smallest absolute Gasteiger partial charge is 0.251 e. The molecule has 4 rings (SSSR count). The summed E-state index contributed by atoms with van der Waals surface area (Å²) in [7, 11) is -3.48. The number of sulfonamides is 1. The van der Waals surface area contributed by atoms with E-state index in [1.807, 2.05) is 6.92 Å². The number of carbonyl (C=O) groups is 1. The molecule has 164 valence electrons. The van der Waals surface area contributed by atoms with E-state index in [1.54, 1.807) is 34.8 Å². The molecule has 1 N–H and O–H groups in total. The number of rotatable bonds is 7. The monoisotopic (exact) mass is 475 g/mol. The largest absolute Gasteiger partial charge is 0.352 e. The van der Waals surface area contributed by atoms with Gasteiger partial charge in [-0.3, -0.25) is 4.79 Å². The molecule has 0 saturated carbocycles. The van der Waals surface area contributed by atoms with Crippen molar-refractivity contribution in [2.24, 2.45) is 0 Å². The molecule has 0 bridgehead atoms. The van der Waals surface area contributed by atoms with Crippen LogP contribution in [0, 0.1) is 6.92 Å². The molecular weight excluding hydrogens is 450 g/mol. The summed E-state index contributed by atoms with van der Waals surface area (Å²) in [5, 5.41) is 6.02. The van der Waals surface area contributed by atoms with Crippen molar-refractivity contribution in [3.63, 3.8) is 0 Å². The van der Waals surface area contributed by atoms with E-state index in [-0.39, 0.29) is 10.8 Å². The van der Waals surface area contributed by atoms with Crippen molar-refractivity contribution in [1.82, 2.24) is 14.6 Å². The molecule has 1 amide bonds. The maximum atomic E-state index is 12.7. The summed E-state index contributed by atoms with van der Waals surface area (Å²) in [6, 6.07) is 10.4. The average molecular weight is 476 g/mol. The number of nitrogens with zero attached hydrogens (tertiary/aromatic N) is 2. The van der Waals surface area contributed by atoms with Crippen LogP contribution >= 0.6 is 22.7 Å². The van der Waals surface area contributed by atoms with Crippen molar-refractivity contribution < 1.29 is 13.2 Å². The molecule has 1 aliphatic rings. The second-order valence-electron chi connectivity index (χ2n) is 7.51. The van der Waals surface area contributed by atoms with Crippen molar-refractivity contribution in [1.29, 1.82) is 0 Å². The number of carbonyl (C=O) groups excluding carboxylic acids is 1. The van der Waals surface area contributed by atoms with Crippen molar-refractivity contribution in [3.8, 4) is 10.6 Å². The van der Waals surface area contributed by atoms with Gasteiger partial charge in [0, 0.05) is 35.5 Å². The fraction of sp³-hybridized carbons (Fsp3) is 0.364. The Labute approximate surface area is 191 Å². The first-order chi connectivity index (χ1) is 14.9. The predicted molar refractivity (Wildman–Crippen MR) is 125 cm³/mol. The lowest BCUT2D eigenvalue weighted by Crippen LogP contribution is -2.35. The Bertz CT molecular complexity index is 1140. The van der Waals surface area contributed by atoms with Gasteiger partial charge < -0.3 is 5.32 Å². The number of thiazole rings is 1. The van der Waals surface area contributed by atoms with Crippen LogP contribution in [0.5, 0.6) is 0 Å². The molecule has 2 aromatic heterocycles. The summed E-state index contributed by atoms with van der Waals surface area (Å²) < 4.78 is 27.0. The Hall–Kier alpha value is -2.07. The fourth-order valence-electron chi connectivity index (χ4n) is 3.56. The molecule has 0 atom stereocenters. The van der Waals surface area contributed by atoms with Gasteiger partial charge in [-0.1, -0.05) is 6.42 Å². The number of benzene rings is 1. The van der Waals surface area contributed by atoms with Gasteiger partial charge in [-0.2, -0.15) is 4.31 Å². The number of hydrogen-bond donors (Lipinski definition) is 1. The highest BCUT2D eigenvalue weighted by Gasteiger charge is 2.25. The fourth-order valence-corrected chi connectivity index (χ4v) is 6.73. The van der Waals surface area contributed by atoms with Gasteiger partial charge in [-0.15, -0.1) is 22.7 Å². The quantitative estimate of drug-likeness (QED) is 0.552. The Morgan fingerprint density at radius 3 is 2.52 bits per heavy atom. The molecule has 1 saturated heterocycles. The van der Waals surface area contributed by atoms with E-state index in [2.05, 4.69) is 27.8 Å². The summed E-state index contributed by atoms with van der Waals surface area (Å²) in [6.07, 6.45) is 3.60. The van der Waals surface area contributed by atoms with E-state index in [4.69, 9.17) is 0 Å². The first-order valence-electron chi connectivity index (χ1n) is 10.3. The third kappa shape index (κ3) is 5.23. The van der Waals surface area contributed by atoms with Gasteiger partial charge in [-0.25, -0.2) is 13.4 Å². The van der Waals surface area contributed by atoms with Crippen LogP contribution in [0.15, 0.2) is 46.7 Å². The number of amides is 1. The zero-order chi connectivity index (χ0) is 21.8. The summed E-state index contributed by atoms with van der Waals surface area (Å²) in [4.78, 5) is 19.5. The highest BCUT2D eigenvalue weighted by atomic mass is 32.2. The lowest BCUT2D eigenvalue weighted by atomic mass is 10.2. The van der Waals surface area contributed by atoms with Gasteiger partial charge in [0.1, 0.15) is 0 Å². The Morgan fingerprint density at radius 1 is 1.10 bits per heavy atom. The number of aryl methyl sites for hydroxylation is 1. The zero-order valence-corrected chi connectivity index (χ0v) is 19.8. The Morgan fingerprint density at radius 2 is 1.84 bits per heavy atom. The molecule has 0 aliphatic carbocycles. The molecule has 0 unspecified atom stereocenters. The lowest BCUT2D eigenvalue weighted by Gasteiger charge is -2.25. The van der Waals surface area contributed by atoms with Crippen LogP contribution in [0.25, 0.3) is 10.6 Å². The minimum Gasteiger partial charge on any atom is -0.352 e. The molecule has 1 aromatic carbocycles. The predicted octanol–water partition coefficient (Wildman–Crippen LogP) is 4.33. The van der Waals surface area contributed by atoms with Crippen LogP contribution in [0.1, 0.15) is 39.5 Å². The van der Waals surface area contributed by atoms with Crippen molar-refractivity contribution in [2.75, 3.05) is 19.6 Å². The second kappa shape index (κ2) is 9.60. The van der Waals surface area contributed by atoms with E-state index < -0.39 is 10.0 Å². The van der Waals surface area contributed by atoms with E-state index in [1.165, 1.54) is 21.3 Å². The normalized spacial score (nSPS) is 15.1. The summed E-state index contributed by atoms with van der Waals surface area (Å²) >= 11 is 3.32. The zero-order valence-electron chi connectivity index (χ0n) is 17.3. The maximum absolute atomic E-state index is 12.7. The number of thiophene rings is 1. The second-order valence-corrected chi connectivity index (χ2v) is 11.7. The van der Waals surface area contributed by atoms with Crippen LogP contribution in [-0.2, 0) is 16.4 Å². The maximum Gasteiger partial charge on any atom is 0.251 e. The van der Waals surface area contributed by atoms with Crippen molar-refractivity contribution >= 4 is 38.6 Å². The van der Waals surface area contributed by atoms with Crippen molar-refractivity contribution in [3.05, 3.63) is 57.2 Å². The third-order valence-corrected chi connectivity index (χ3v) is 9.11. The topological polar surface area (TPSA) is 79.4 Å².